The minimum absolute atomic E-state index is 0.366. The molecule has 10 aromatic carbocycles. The average molecular weight is 1010 g/mol. The number of halogens is 3. The van der Waals surface area contributed by atoms with E-state index in [2.05, 4.69) is 229 Å². The Morgan fingerprint density at radius 3 is 1.37 bits per heavy atom. The number of hydrogen-bond acceptors (Lipinski definition) is 2. The van der Waals surface area contributed by atoms with Crippen molar-refractivity contribution in [3.8, 4) is 22.5 Å². The molecule has 0 N–H and O–H groups in total. The van der Waals surface area contributed by atoms with Crippen molar-refractivity contribution in [3.63, 3.8) is 0 Å². The van der Waals surface area contributed by atoms with E-state index in [9.17, 15) is 0 Å². The summed E-state index contributed by atoms with van der Waals surface area (Å²) < 4.78 is 18.5. The van der Waals surface area contributed by atoms with E-state index >= 15 is 0 Å². The van der Waals surface area contributed by atoms with Gasteiger partial charge in [-0.25, -0.2) is 0 Å². The predicted octanol–water partition coefficient (Wildman–Crippen LogP) is 17.6. The number of para-hydroxylation sites is 2. The van der Waals surface area contributed by atoms with E-state index in [0.29, 0.717) is 0 Å². The maximum Gasteiger partial charge on any atom is 0.494 e. The molecular weight excluding hydrogens is 966 g/mol. The molecule has 1 saturated heterocycles. The van der Waals surface area contributed by atoms with Gasteiger partial charge in [0.2, 0.25) is 0 Å². The Morgan fingerprint density at radius 2 is 0.857 bits per heavy atom. The Bertz CT molecular complexity index is 3870. The second kappa shape index (κ2) is 18.6. The summed E-state index contributed by atoms with van der Waals surface area (Å²) in [6.45, 7) is 8.38. The van der Waals surface area contributed by atoms with Crippen LogP contribution in [0.25, 0.3) is 87.7 Å². The Hall–Kier alpha value is -6.64. The molecule has 8 heteroatoms. The number of aromatic nitrogens is 2. The van der Waals surface area contributed by atoms with E-state index in [4.69, 9.17) is 32.5 Å². The molecule has 0 aliphatic carbocycles. The fourth-order valence-electron chi connectivity index (χ4n) is 9.70. The van der Waals surface area contributed by atoms with E-state index < -0.39 is 0 Å². The van der Waals surface area contributed by atoms with E-state index in [-0.39, 0.29) is 18.3 Å². The fraction of sp³-hybridized carbons (Fsp3) is 0.0968. The Balaban J connectivity index is 0.000000132. The first-order valence-corrected chi connectivity index (χ1v) is 25.0. The van der Waals surface area contributed by atoms with Gasteiger partial charge in [0.1, 0.15) is 0 Å². The summed E-state index contributed by atoms with van der Waals surface area (Å²) in [5, 5.41) is 11.5. The van der Waals surface area contributed by atoms with Gasteiger partial charge in [-0.1, -0.05) is 191 Å². The van der Waals surface area contributed by atoms with E-state index in [1.807, 2.05) is 42.5 Å². The molecule has 12 aromatic rings. The Kier molecular flexibility index (Phi) is 12.2. The number of hydrogen-bond donors (Lipinski definition) is 0. The topological polar surface area (TPSA) is 28.3 Å². The highest BCUT2D eigenvalue weighted by atomic mass is 79.9. The fourth-order valence-corrected chi connectivity index (χ4v) is 10.6. The second-order valence-electron chi connectivity index (χ2n) is 18.8. The van der Waals surface area contributed by atoms with E-state index in [1.165, 1.54) is 59.6 Å². The summed E-state index contributed by atoms with van der Waals surface area (Å²) in [7, 11) is -0.386. The number of fused-ring (bicyclic) bond motifs is 10. The van der Waals surface area contributed by atoms with Crippen LogP contribution in [0.15, 0.2) is 223 Å². The van der Waals surface area contributed by atoms with Crippen LogP contribution >= 0.6 is 39.1 Å². The van der Waals surface area contributed by atoms with Crippen molar-refractivity contribution < 1.29 is 9.31 Å². The zero-order valence-electron chi connectivity index (χ0n) is 39.2. The zero-order valence-corrected chi connectivity index (χ0v) is 42.3. The molecular formula is C62H48BBrCl2N2O2. The molecule has 13 rings (SSSR count). The lowest BCUT2D eigenvalue weighted by atomic mass is 9.79. The number of benzene rings is 10. The third-order valence-electron chi connectivity index (χ3n) is 13.8. The summed E-state index contributed by atoms with van der Waals surface area (Å²) in [6, 6.07) is 76.2. The highest BCUT2D eigenvalue weighted by Gasteiger charge is 2.51. The van der Waals surface area contributed by atoms with Gasteiger partial charge in [0.25, 0.3) is 0 Å². The van der Waals surface area contributed by atoms with Gasteiger partial charge in [-0.05, 0) is 122 Å². The summed E-state index contributed by atoms with van der Waals surface area (Å²) in [4.78, 5) is 0. The SMILES string of the molecule is CC1(C)OB(c2ccc3c4ccc5ccccc5c4n(-c4ccccc4)c3c2)OC1(C)C.Clc1cccc(-c2ccc3c4ccc5ccccc5c4n(-c4ccccc4)c3c2)c1.Clc1cccc(Br)c1. The molecule has 2 aromatic heterocycles. The lowest BCUT2D eigenvalue weighted by molar-refractivity contribution is 0.00578. The van der Waals surface area contributed by atoms with Crippen LogP contribution in [0.1, 0.15) is 27.7 Å². The van der Waals surface area contributed by atoms with Crippen molar-refractivity contribution in [2.24, 2.45) is 0 Å². The summed E-state index contributed by atoms with van der Waals surface area (Å²) in [6.07, 6.45) is 0. The molecule has 0 unspecified atom stereocenters. The highest BCUT2D eigenvalue weighted by Crippen LogP contribution is 2.41. The summed E-state index contributed by atoms with van der Waals surface area (Å²) in [5.41, 5.74) is 9.75. The summed E-state index contributed by atoms with van der Waals surface area (Å²) >= 11 is 15.2. The first kappa shape index (κ1) is 45.8. The largest absolute Gasteiger partial charge is 0.494 e. The van der Waals surface area contributed by atoms with Crippen LogP contribution in [0.2, 0.25) is 10.0 Å². The molecule has 0 amide bonds. The van der Waals surface area contributed by atoms with Crippen molar-refractivity contribution in [3.05, 3.63) is 233 Å². The van der Waals surface area contributed by atoms with Crippen molar-refractivity contribution in [1.29, 1.82) is 0 Å². The van der Waals surface area contributed by atoms with Gasteiger partial charge >= 0.3 is 7.12 Å². The molecule has 1 aliphatic rings. The molecule has 4 nitrogen and oxygen atoms in total. The maximum absolute atomic E-state index is 6.36. The van der Waals surface area contributed by atoms with Crippen molar-refractivity contribution in [2.75, 3.05) is 0 Å². The molecule has 70 heavy (non-hydrogen) atoms. The van der Waals surface area contributed by atoms with Gasteiger partial charge in [0.05, 0.1) is 33.3 Å². The zero-order chi connectivity index (χ0) is 48.1. The lowest BCUT2D eigenvalue weighted by Gasteiger charge is -2.32. The van der Waals surface area contributed by atoms with Gasteiger partial charge in [0.15, 0.2) is 0 Å². The third kappa shape index (κ3) is 8.48. The van der Waals surface area contributed by atoms with E-state index in [0.717, 1.165) is 48.0 Å². The lowest BCUT2D eigenvalue weighted by Crippen LogP contribution is -2.41. The van der Waals surface area contributed by atoms with Gasteiger partial charge < -0.3 is 18.4 Å². The summed E-state index contributed by atoms with van der Waals surface area (Å²) in [5.74, 6) is 0. The van der Waals surface area contributed by atoms with Gasteiger partial charge in [-0.15, -0.1) is 0 Å². The third-order valence-corrected chi connectivity index (χ3v) is 14.8. The van der Waals surface area contributed by atoms with Crippen LogP contribution in [0.3, 0.4) is 0 Å². The molecule has 0 atom stereocenters. The van der Waals surface area contributed by atoms with Crippen LogP contribution < -0.4 is 5.46 Å². The molecule has 0 saturated carbocycles. The number of nitrogens with zero attached hydrogens (tertiary/aromatic N) is 2. The van der Waals surface area contributed by atoms with Gasteiger partial charge in [0, 0.05) is 58.2 Å². The maximum atomic E-state index is 6.36. The van der Waals surface area contributed by atoms with Crippen LogP contribution in [0.4, 0.5) is 0 Å². The average Bonchev–Trinajstić information content (AvgIpc) is 3.97. The molecule has 1 fully saturated rings. The Morgan fingerprint density at radius 1 is 0.400 bits per heavy atom. The minimum atomic E-state index is -0.386. The molecule has 0 radical (unpaired) electrons. The van der Waals surface area contributed by atoms with Crippen LogP contribution in [-0.4, -0.2) is 27.5 Å². The van der Waals surface area contributed by atoms with E-state index in [1.54, 1.807) is 0 Å². The highest BCUT2D eigenvalue weighted by molar-refractivity contribution is 9.10. The van der Waals surface area contributed by atoms with Gasteiger partial charge in [-0.2, -0.15) is 0 Å². The first-order chi connectivity index (χ1) is 33.9. The molecule has 3 heterocycles. The Labute approximate surface area is 426 Å². The monoisotopic (exact) mass is 1010 g/mol. The first-order valence-electron chi connectivity index (χ1n) is 23.5. The predicted molar refractivity (Wildman–Crippen MR) is 302 cm³/mol. The van der Waals surface area contributed by atoms with Gasteiger partial charge in [-0.3, -0.25) is 0 Å². The van der Waals surface area contributed by atoms with Crippen molar-refractivity contribution >= 4 is 117 Å². The molecule has 0 spiro atoms. The van der Waals surface area contributed by atoms with Crippen molar-refractivity contribution in [2.45, 2.75) is 38.9 Å². The molecule has 342 valence electrons. The van der Waals surface area contributed by atoms with Crippen molar-refractivity contribution in [1.82, 2.24) is 9.13 Å². The molecule has 0 bridgehead atoms. The number of rotatable bonds is 4. The second-order valence-corrected chi connectivity index (χ2v) is 20.5. The van der Waals surface area contributed by atoms with Crippen LogP contribution in [0.5, 0.6) is 0 Å². The smallest absolute Gasteiger partial charge is 0.399 e. The minimum Gasteiger partial charge on any atom is -0.399 e. The van der Waals surface area contributed by atoms with Crippen LogP contribution in [0, 0.1) is 0 Å². The van der Waals surface area contributed by atoms with Crippen LogP contribution in [-0.2, 0) is 9.31 Å². The standard InChI is InChI=1S/C28H26BNO2.C28H18ClN.C6H4BrCl/c1-27(2)28(3,4)32-29(31-27)20-15-17-23-24-16-14-19-10-8-9-13-22(19)26(24)30(25(23)18-20)21-11-6-5-7-12-21;29-22-9-6-8-20(17-22)21-14-15-25-26-16-13-19-7-4-5-12-24(19)28(26)30(27(25)18-21)23-10-2-1-3-11-23;7-5-2-1-3-6(8)4-5/h5-18H,1-4H3;1-18H;1-4H. The quantitative estimate of drug-likeness (QED) is 0.164. The normalized spacial score (nSPS) is 14.0. The molecule has 1 aliphatic heterocycles.